The maximum Gasteiger partial charge on any atom is 0.407 e. The Balaban J connectivity index is 0.000000472. The van der Waals surface area contributed by atoms with Gasteiger partial charge in [0.1, 0.15) is 5.60 Å². The zero-order valence-corrected chi connectivity index (χ0v) is 17.5. The number of carbonyl (C=O) groups is 1. The lowest BCUT2D eigenvalue weighted by Crippen LogP contribution is -2.37. The maximum atomic E-state index is 11.1. The van der Waals surface area contributed by atoms with E-state index in [9.17, 15) is 18.3 Å². The summed E-state index contributed by atoms with van der Waals surface area (Å²) in [6, 6.07) is 6.37. The number of thioether (sulfide) groups is 1. The van der Waals surface area contributed by atoms with Gasteiger partial charge in [0.05, 0.1) is 11.0 Å². The summed E-state index contributed by atoms with van der Waals surface area (Å²) in [6.07, 6.45) is 0.895. The van der Waals surface area contributed by atoms with Gasteiger partial charge in [0.25, 0.3) is 9.05 Å². The second-order valence-corrected chi connectivity index (χ2v) is 9.72. The van der Waals surface area contributed by atoms with Crippen LogP contribution >= 0.6 is 22.4 Å². The van der Waals surface area contributed by atoms with Gasteiger partial charge in [-0.3, -0.25) is 0 Å². The van der Waals surface area contributed by atoms with E-state index >= 15 is 0 Å². The van der Waals surface area contributed by atoms with Crippen molar-refractivity contribution in [2.24, 2.45) is 0 Å². The second-order valence-electron chi connectivity index (χ2n) is 6.24. The van der Waals surface area contributed by atoms with Crippen LogP contribution in [0.5, 0.6) is 0 Å². The highest BCUT2D eigenvalue weighted by atomic mass is 35.7. The molecule has 0 radical (unpaired) electrons. The van der Waals surface area contributed by atoms with Crippen molar-refractivity contribution in [3.63, 3.8) is 0 Å². The Bertz CT molecular complexity index is 627. The number of aryl methyl sites for hydroxylation is 1. The molecule has 144 valence electrons. The maximum absolute atomic E-state index is 11.1. The standard InChI is InChI=1S/C9H19NO3S.C7H7ClO2S/c1-9(2,3)13-8(12)10-5-7(11)6-14-4;1-6-2-4-7(5-3-6)11(8,9)10/h7,11H,5-6H2,1-4H3,(H,10,12);2-5H,1H3/t7-;/m0./s1. The molecule has 0 aliphatic carbocycles. The third-order valence-corrected chi connectivity index (χ3v) is 4.63. The van der Waals surface area contributed by atoms with Crippen molar-refractivity contribution in [1.82, 2.24) is 5.32 Å². The molecular weight excluding hydrogens is 386 g/mol. The molecule has 1 aromatic carbocycles. The largest absolute Gasteiger partial charge is 0.444 e. The first-order chi connectivity index (χ1) is 11.3. The van der Waals surface area contributed by atoms with Crippen LogP contribution in [0.25, 0.3) is 0 Å². The zero-order chi connectivity index (χ0) is 19.7. The lowest BCUT2D eigenvalue weighted by Gasteiger charge is -2.20. The number of hydrogen-bond acceptors (Lipinski definition) is 6. The normalized spacial score (nSPS) is 12.6. The lowest BCUT2D eigenvalue weighted by atomic mass is 10.2. The molecule has 0 saturated carbocycles. The van der Waals surface area contributed by atoms with Crippen LogP contribution in [0.15, 0.2) is 29.2 Å². The van der Waals surface area contributed by atoms with Gasteiger partial charge >= 0.3 is 6.09 Å². The molecule has 0 aliphatic heterocycles. The predicted octanol–water partition coefficient (Wildman–Crippen LogP) is 3.16. The Morgan fingerprint density at radius 3 is 2.24 bits per heavy atom. The van der Waals surface area contributed by atoms with Crippen molar-refractivity contribution in [2.75, 3.05) is 18.6 Å². The number of alkyl carbamates (subject to hydrolysis) is 1. The number of hydrogen-bond donors (Lipinski definition) is 2. The molecule has 0 unspecified atom stereocenters. The molecule has 9 heteroatoms. The molecule has 0 aromatic heterocycles. The van der Waals surface area contributed by atoms with E-state index in [1.807, 2.05) is 13.2 Å². The molecule has 1 rings (SSSR count). The van der Waals surface area contributed by atoms with E-state index in [0.717, 1.165) is 5.56 Å². The predicted molar refractivity (Wildman–Crippen MR) is 103 cm³/mol. The third kappa shape index (κ3) is 13.0. The van der Waals surface area contributed by atoms with Gasteiger partial charge in [-0.05, 0) is 46.1 Å². The van der Waals surface area contributed by atoms with Gasteiger partial charge in [-0.2, -0.15) is 11.8 Å². The van der Waals surface area contributed by atoms with Gasteiger partial charge in [0.2, 0.25) is 0 Å². The van der Waals surface area contributed by atoms with E-state index in [2.05, 4.69) is 5.32 Å². The summed E-state index contributed by atoms with van der Waals surface area (Å²) in [4.78, 5) is 11.3. The molecule has 25 heavy (non-hydrogen) atoms. The molecule has 0 fully saturated rings. The quantitative estimate of drug-likeness (QED) is 0.723. The van der Waals surface area contributed by atoms with E-state index in [-0.39, 0.29) is 11.4 Å². The van der Waals surface area contributed by atoms with Crippen LogP contribution in [0.4, 0.5) is 4.79 Å². The molecule has 0 saturated heterocycles. The molecular formula is C16H26ClNO5S2. The molecule has 0 heterocycles. The molecule has 2 N–H and O–H groups in total. The van der Waals surface area contributed by atoms with Crippen LogP contribution in [0.3, 0.4) is 0 Å². The average molecular weight is 412 g/mol. The summed E-state index contributed by atoms with van der Waals surface area (Å²) in [5.41, 5.74) is 0.517. The van der Waals surface area contributed by atoms with Crippen LogP contribution < -0.4 is 5.32 Å². The van der Waals surface area contributed by atoms with Crippen LogP contribution in [0.2, 0.25) is 0 Å². The fourth-order valence-electron chi connectivity index (χ4n) is 1.47. The number of amides is 1. The fourth-order valence-corrected chi connectivity index (χ4v) is 2.74. The first-order valence-electron chi connectivity index (χ1n) is 7.50. The van der Waals surface area contributed by atoms with Crippen molar-refractivity contribution >= 4 is 37.6 Å². The minimum atomic E-state index is -3.55. The van der Waals surface area contributed by atoms with E-state index in [4.69, 9.17) is 15.4 Å². The Kier molecular flexibility index (Phi) is 10.5. The van der Waals surface area contributed by atoms with Crippen LogP contribution in [-0.4, -0.2) is 49.9 Å². The summed E-state index contributed by atoms with van der Waals surface area (Å²) in [5.74, 6) is 0.607. The summed E-state index contributed by atoms with van der Waals surface area (Å²) in [7, 11) is 1.54. The average Bonchev–Trinajstić information content (AvgIpc) is 2.44. The van der Waals surface area contributed by atoms with Crippen molar-refractivity contribution in [3.8, 4) is 0 Å². The first kappa shape index (κ1) is 24.0. The number of ether oxygens (including phenoxy) is 1. The number of nitrogens with one attached hydrogen (secondary N) is 1. The highest BCUT2D eigenvalue weighted by Gasteiger charge is 2.16. The van der Waals surface area contributed by atoms with E-state index in [1.54, 1.807) is 32.9 Å². The molecule has 6 nitrogen and oxygen atoms in total. The number of rotatable bonds is 5. The van der Waals surface area contributed by atoms with Crippen LogP contribution in [0.1, 0.15) is 26.3 Å². The second kappa shape index (κ2) is 10.9. The fraction of sp³-hybridized carbons (Fsp3) is 0.562. The van der Waals surface area contributed by atoms with Crippen LogP contribution in [0, 0.1) is 6.92 Å². The Hall–Kier alpha value is -0.960. The van der Waals surface area contributed by atoms with Crippen molar-refractivity contribution in [1.29, 1.82) is 0 Å². The number of benzene rings is 1. The van der Waals surface area contributed by atoms with Crippen molar-refractivity contribution in [2.45, 2.75) is 44.3 Å². The van der Waals surface area contributed by atoms with Crippen molar-refractivity contribution < 1.29 is 23.1 Å². The topological polar surface area (TPSA) is 92.7 Å². The Labute approximate surface area is 158 Å². The van der Waals surface area contributed by atoms with Gasteiger partial charge in [-0.15, -0.1) is 0 Å². The number of aliphatic hydroxyl groups excluding tert-OH is 1. The van der Waals surface area contributed by atoms with Gasteiger partial charge in [-0.25, -0.2) is 13.2 Å². The molecule has 1 atom stereocenters. The van der Waals surface area contributed by atoms with Crippen molar-refractivity contribution in [3.05, 3.63) is 29.8 Å². The third-order valence-electron chi connectivity index (χ3n) is 2.54. The van der Waals surface area contributed by atoms with Gasteiger partial charge in [-0.1, -0.05) is 17.7 Å². The molecule has 0 bridgehead atoms. The molecule has 1 amide bonds. The van der Waals surface area contributed by atoms with Crippen LogP contribution in [-0.2, 0) is 13.8 Å². The highest BCUT2D eigenvalue weighted by Crippen LogP contribution is 2.14. The zero-order valence-electron chi connectivity index (χ0n) is 15.1. The highest BCUT2D eigenvalue weighted by molar-refractivity contribution is 8.13. The van der Waals surface area contributed by atoms with E-state index in [0.29, 0.717) is 5.75 Å². The van der Waals surface area contributed by atoms with Gasteiger partial charge in [0.15, 0.2) is 0 Å². The summed E-state index contributed by atoms with van der Waals surface area (Å²) in [6.45, 7) is 7.50. The monoisotopic (exact) mass is 411 g/mol. The minimum Gasteiger partial charge on any atom is -0.444 e. The Morgan fingerprint density at radius 2 is 1.84 bits per heavy atom. The number of halogens is 1. The summed E-state index contributed by atoms with van der Waals surface area (Å²) in [5, 5.41) is 11.8. The lowest BCUT2D eigenvalue weighted by molar-refractivity contribution is 0.0499. The van der Waals surface area contributed by atoms with Gasteiger partial charge in [0, 0.05) is 23.0 Å². The molecule has 1 aromatic rings. The number of carbonyl (C=O) groups excluding carboxylic acids is 1. The van der Waals surface area contributed by atoms with Gasteiger partial charge < -0.3 is 15.2 Å². The summed E-state index contributed by atoms with van der Waals surface area (Å²) >= 11 is 1.53. The molecule has 0 spiro atoms. The number of aliphatic hydroxyl groups is 1. The molecule has 0 aliphatic rings. The Morgan fingerprint density at radius 1 is 1.32 bits per heavy atom. The van der Waals surface area contributed by atoms with E-state index in [1.165, 1.54) is 23.9 Å². The smallest absolute Gasteiger partial charge is 0.407 e. The van der Waals surface area contributed by atoms with E-state index < -0.39 is 26.8 Å². The SMILES string of the molecule is CSC[C@@H](O)CNC(=O)OC(C)(C)C.Cc1ccc(S(=O)(=O)Cl)cc1. The summed E-state index contributed by atoms with van der Waals surface area (Å²) < 4.78 is 26.4. The minimum absolute atomic E-state index is 0.143. The first-order valence-corrected chi connectivity index (χ1v) is 11.2.